The molecule has 2 aromatic rings. The summed E-state index contributed by atoms with van der Waals surface area (Å²) in [4.78, 5) is 15.1. The van der Waals surface area contributed by atoms with Crippen LogP contribution in [0.5, 0.6) is 0 Å². The second kappa shape index (κ2) is 8.53. The van der Waals surface area contributed by atoms with Crippen molar-refractivity contribution in [1.82, 2.24) is 9.80 Å². The maximum absolute atomic E-state index is 11.2. The van der Waals surface area contributed by atoms with Crippen LogP contribution in [0.25, 0.3) is 0 Å². The molecule has 2 aromatic carbocycles. The molecule has 2 aliphatic rings. The molecule has 0 unspecified atom stereocenters. The van der Waals surface area contributed by atoms with Gasteiger partial charge in [-0.3, -0.25) is 4.90 Å². The molecule has 28 heavy (non-hydrogen) atoms. The van der Waals surface area contributed by atoms with Crippen molar-refractivity contribution in [2.75, 3.05) is 26.2 Å². The van der Waals surface area contributed by atoms with Crippen molar-refractivity contribution >= 4 is 38.0 Å². The Bertz CT molecular complexity index is 848. The van der Waals surface area contributed by atoms with Crippen LogP contribution in [0, 0.1) is 0 Å². The monoisotopic (exact) mass is 508 g/mol. The molecule has 0 radical (unpaired) electrons. The summed E-state index contributed by atoms with van der Waals surface area (Å²) in [5.74, 6) is 0. The minimum absolute atomic E-state index is 0.0616. The topological polar surface area (TPSA) is 53.0 Å². The third-order valence-corrected chi connectivity index (χ3v) is 6.43. The normalized spacial score (nSPS) is 22.3. The van der Waals surface area contributed by atoms with Gasteiger partial charge in [0.05, 0.1) is 18.8 Å². The highest BCUT2D eigenvalue weighted by atomic mass is 79.9. The maximum Gasteiger partial charge on any atom is 0.407 e. The van der Waals surface area contributed by atoms with Crippen LogP contribution in [0.4, 0.5) is 4.79 Å². The van der Waals surface area contributed by atoms with Crippen molar-refractivity contribution < 1.29 is 14.6 Å². The van der Waals surface area contributed by atoms with Crippen molar-refractivity contribution in [3.8, 4) is 0 Å². The van der Waals surface area contributed by atoms with Gasteiger partial charge in [-0.25, -0.2) is 4.79 Å². The smallest absolute Gasteiger partial charge is 0.407 e. The first-order valence-electron chi connectivity index (χ1n) is 9.37. The molecule has 7 heteroatoms. The van der Waals surface area contributed by atoms with E-state index in [1.165, 1.54) is 16.0 Å². The highest BCUT2D eigenvalue weighted by molar-refractivity contribution is 9.11. The first-order chi connectivity index (χ1) is 13.5. The molecule has 0 aromatic heterocycles. The first-order valence-corrected chi connectivity index (χ1v) is 11.0. The number of carboxylic acid groups (broad SMARTS) is 1. The Morgan fingerprint density at radius 3 is 2.43 bits per heavy atom. The van der Waals surface area contributed by atoms with Gasteiger partial charge in [-0.2, -0.15) is 0 Å². The molecular weight excluding hydrogens is 488 g/mol. The molecule has 1 heterocycles. The second-order valence-electron chi connectivity index (χ2n) is 7.28. The predicted octanol–water partition coefficient (Wildman–Crippen LogP) is 4.69. The van der Waals surface area contributed by atoms with Gasteiger partial charge in [-0.05, 0) is 34.9 Å². The fraction of sp³-hybridized carbons (Fsp3) is 0.381. The van der Waals surface area contributed by atoms with Crippen LogP contribution in [0.15, 0.2) is 51.4 Å². The Balaban J connectivity index is 1.50. The largest absolute Gasteiger partial charge is 0.465 e. The Kier molecular flexibility index (Phi) is 6.06. The summed E-state index contributed by atoms with van der Waals surface area (Å²) in [6.07, 6.45) is 0.112. The van der Waals surface area contributed by atoms with Gasteiger partial charge in [0.25, 0.3) is 0 Å². The lowest BCUT2D eigenvalue weighted by atomic mass is 10.1. The summed E-state index contributed by atoms with van der Waals surface area (Å²) in [5, 5.41) is 9.23. The first kappa shape index (κ1) is 19.9. The highest BCUT2D eigenvalue weighted by Gasteiger charge is 2.38. The molecule has 1 fully saturated rings. The number of fused-ring (bicyclic) bond motifs is 1. The van der Waals surface area contributed by atoms with Gasteiger partial charge in [-0.1, -0.05) is 56.1 Å². The average Bonchev–Trinajstić information content (AvgIpc) is 3.04. The zero-order valence-corrected chi connectivity index (χ0v) is 18.5. The van der Waals surface area contributed by atoms with Gasteiger partial charge in [0, 0.05) is 41.5 Å². The zero-order valence-electron chi connectivity index (χ0n) is 15.4. The molecule has 1 saturated heterocycles. The third kappa shape index (κ3) is 4.27. The fourth-order valence-corrected chi connectivity index (χ4v) is 5.60. The number of amides is 1. The summed E-state index contributed by atoms with van der Waals surface area (Å²) in [7, 11) is 0. The second-order valence-corrected chi connectivity index (χ2v) is 9.11. The molecule has 148 valence electrons. The van der Waals surface area contributed by atoms with Gasteiger partial charge in [0.15, 0.2) is 0 Å². The molecule has 1 aliphatic carbocycles. The van der Waals surface area contributed by atoms with Crippen molar-refractivity contribution in [2.24, 2.45) is 0 Å². The van der Waals surface area contributed by atoms with E-state index in [1.54, 1.807) is 0 Å². The van der Waals surface area contributed by atoms with E-state index >= 15 is 0 Å². The van der Waals surface area contributed by atoms with E-state index in [4.69, 9.17) is 4.74 Å². The number of hydrogen-bond acceptors (Lipinski definition) is 3. The number of carbonyl (C=O) groups is 1. The van der Waals surface area contributed by atoms with Gasteiger partial charge in [0.1, 0.15) is 0 Å². The minimum atomic E-state index is -0.834. The third-order valence-electron chi connectivity index (χ3n) is 5.51. The predicted molar refractivity (Wildman–Crippen MR) is 114 cm³/mol. The van der Waals surface area contributed by atoms with E-state index in [0.29, 0.717) is 19.7 Å². The number of piperazine rings is 1. The van der Waals surface area contributed by atoms with E-state index in [-0.39, 0.29) is 12.1 Å². The van der Waals surface area contributed by atoms with Crippen molar-refractivity contribution in [3.63, 3.8) is 0 Å². The summed E-state index contributed by atoms with van der Waals surface area (Å²) in [6.45, 7) is 3.09. The molecule has 1 aliphatic heterocycles. The van der Waals surface area contributed by atoms with E-state index in [0.717, 1.165) is 34.0 Å². The average molecular weight is 510 g/mol. The van der Waals surface area contributed by atoms with E-state index in [1.807, 2.05) is 6.07 Å². The molecular formula is C21H22Br2N2O3. The number of ether oxygens (including phenoxy) is 1. The fourth-order valence-electron chi connectivity index (χ4n) is 4.21. The van der Waals surface area contributed by atoms with Gasteiger partial charge in [-0.15, -0.1) is 0 Å². The van der Waals surface area contributed by atoms with E-state index in [2.05, 4.69) is 73.2 Å². The van der Waals surface area contributed by atoms with Crippen LogP contribution in [-0.4, -0.2) is 53.3 Å². The highest BCUT2D eigenvalue weighted by Crippen LogP contribution is 2.38. The Hall–Kier alpha value is -1.41. The number of benzene rings is 2. The molecule has 0 saturated carbocycles. The molecule has 1 amide bonds. The Morgan fingerprint density at radius 2 is 1.75 bits per heavy atom. The molecule has 2 atom stereocenters. The van der Waals surface area contributed by atoms with Gasteiger partial charge < -0.3 is 14.7 Å². The molecule has 5 nitrogen and oxygen atoms in total. The molecule has 0 spiro atoms. The van der Waals surface area contributed by atoms with Crippen molar-refractivity contribution in [3.05, 3.63) is 68.1 Å². The zero-order chi connectivity index (χ0) is 19.7. The standard InChI is InChI=1S/C21H22Br2N2O3/c22-16-9-14(10-17(23)12-16)13-28-19-11-15-3-1-2-4-18(15)20(19)24-5-7-25(8-6-24)21(26)27/h1-4,9-10,12,19-20H,5-8,11,13H2,(H,26,27)/t19-,20-/m1/s1. The summed E-state index contributed by atoms with van der Waals surface area (Å²) >= 11 is 7.07. The lowest BCUT2D eigenvalue weighted by Crippen LogP contribution is -2.50. The number of hydrogen-bond donors (Lipinski definition) is 1. The number of rotatable bonds is 4. The van der Waals surface area contributed by atoms with E-state index in [9.17, 15) is 9.90 Å². The molecule has 4 rings (SSSR count). The Morgan fingerprint density at radius 1 is 1.07 bits per heavy atom. The number of halogens is 2. The Labute approximate surface area is 181 Å². The summed E-state index contributed by atoms with van der Waals surface area (Å²) in [5.41, 5.74) is 3.76. The van der Waals surface area contributed by atoms with E-state index < -0.39 is 6.09 Å². The lowest BCUT2D eigenvalue weighted by molar-refractivity contribution is -0.0270. The molecule has 0 bridgehead atoms. The lowest BCUT2D eigenvalue weighted by Gasteiger charge is -2.39. The van der Waals surface area contributed by atoms with Crippen LogP contribution in [0.1, 0.15) is 22.7 Å². The van der Waals surface area contributed by atoms with Gasteiger partial charge in [0.2, 0.25) is 0 Å². The number of nitrogens with zero attached hydrogens (tertiary/aromatic N) is 2. The van der Waals surface area contributed by atoms with Crippen molar-refractivity contribution in [1.29, 1.82) is 0 Å². The summed E-state index contributed by atoms with van der Waals surface area (Å²) in [6, 6.07) is 14.8. The maximum atomic E-state index is 11.2. The van der Waals surface area contributed by atoms with Crippen molar-refractivity contribution in [2.45, 2.75) is 25.2 Å². The van der Waals surface area contributed by atoms with Crippen LogP contribution in [0.2, 0.25) is 0 Å². The molecule has 1 N–H and O–H groups in total. The van der Waals surface area contributed by atoms with Crippen LogP contribution in [0.3, 0.4) is 0 Å². The van der Waals surface area contributed by atoms with Crippen LogP contribution >= 0.6 is 31.9 Å². The van der Waals surface area contributed by atoms with Gasteiger partial charge >= 0.3 is 6.09 Å². The van der Waals surface area contributed by atoms with Crippen LogP contribution < -0.4 is 0 Å². The summed E-state index contributed by atoms with van der Waals surface area (Å²) < 4.78 is 8.46. The SMILES string of the molecule is O=C(O)N1CCN([C@@H]2c3ccccc3C[C@H]2OCc2cc(Br)cc(Br)c2)CC1. The van der Waals surface area contributed by atoms with Crippen LogP contribution in [-0.2, 0) is 17.8 Å². The minimum Gasteiger partial charge on any atom is -0.465 e. The quantitative estimate of drug-likeness (QED) is 0.649.